The summed E-state index contributed by atoms with van der Waals surface area (Å²) in [6.45, 7) is 11.6. The number of unbranched alkanes of at least 4 members (excludes halogenated alkanes) is 5. The molecule has 0 heterocycles. The summed E-state index contributed by atoms with van der Waals surface area (Å²) in [4.78, 5) is 0. The van der Waals surface area contributed by atoms with Crippen LogP contribution in [-0.4, -0.2) is 22.8 Å². The molecule has 0 aromatic rings. The first kappa shape index (κ1) is 17.9. The molecule has 0 fully saturated rings. The van der Waals surface area contributed by atoms with Gasteiger partial charge >= 0.3 is 0 Å². The number of hydrogen-bond acceptors (Lipinski definition) is 2. The standard InChI is InChI=1S/C16H35NO/c1-6-7-8-9-10-11-12-16(5,18)13-14-17-15(2,3)4/h17-18H,6-14H2,1-5H3. The average molecular weight is 257 g/mol. The Labute approximate surface area is 115 Å². The molecule has 1 unspecified atom stereocenters. The first-order valence-electron chi connectivity index (χ1n) is 7.74. The van der Waals surface area contributed by atoms with Gasteiger partial charge < -0.3 is 10.4 Å². The molecule has 0 saturated carbocycles. The van der Waals surface area contributed by atoms with Gasteiger partial charge in [0.1, 0.15) is 0 Å². The highest BCUT2D eigenvalue weighted by Gasteiger charge is 2.20. The molecule has 1 atom stereocenters. The van der Waals surface area contributed by atoms with Crippen molar-refractivity contribution < 1.29 is 5.11 Å². The van der Waals surface area contributed by atoms with Gasteiger partial charge in [0.15, 0.2) is 0 Å². The molecule has 2 nitrogen and oxygen atoms in total. The molecule has 0 bridgehead atoms. The topological polar surface area (TPSA) is 32.3 Å². The minimum atomic E-state index is -0.497. The van der Waals surface area contributed by atoms with Crippen LogP contribution in [0.4, 0.5) is 0 Å². The summed E-state index contributed by atoms with van der Waals surface area (Å²) in [5.74, 6) is 0. The monoisotopic (exact) mass is 257 g/mol. The molecule has 0 amide bonds. The molecule has 0 radical (unpaired) electrons. The zero-order valence-corrected chi connectivity index (χ0v) is 13.3. The first-order chi connectivity index (χ1) is 8.27. The van der Waals surface area contributed by atoms with Crippen LogP contribution in [0.25, 0.3) is 0 Å². The number of rotatable bonds is 10. The van der Waals surface area contributed by atoms with Gasteiger partial charge in [-0.2, -0.15) is 0 Å². The smallest absolute Gasteiger partial charge is 0.0631 e. The average Bonchev–Trinajstić information content (AvgIpc) is 2.21. The number of hydrogen-bond donors (Lipinski definition) is 2. The molecule has 2 heteroatoms. The van der Waals surface area contributed by atoms with Crippen LogP contribution in [-0.2, 0) is 0 Å². The molecule has 0 rings (SSSR count). The fourth-order valence-electron chi connectivity index (χ4n) is 2.12. The second-order valence-electron chi connectivity index (χ2n) is 6.94. The molecule has 0 aromatic heterocycles. The van der Waals surface area contributed by atoms with Gasteiger partial charge in [-0.05, 0) is 47.1 Å². The van der Waals surface area contributed by atoms with E-state index in [1.165, 1.54) is 32.1 Å². The zero-order chi connectivity index (χ0) is 14.1. The lowest BCUT2D eigenvalue weighted by Crippen LogP contribution is -2.39. The third kappa shape index (κ3) is 12.4. The molecule has 2 N–H and O–H groups in total. The molecule has 110 valence electrons. The molecular weight excluding hydrogens is 222 g/mol. The van der Waals surface area contributed by atoms with Gasteiger partial charge in [0.05, 0.1) is 5.60 Å². The highest BCUT2D eigenvalue weighted by molar-refractivity contribution is 4.77. The molecule has 0 aromatic carbocycles. The van der Waals surface area contributed by atoms with Crippen LogP contribution in [0.2, 0.25) is 0 Å². The van der Waals surface area contributed by atoms with Gasteiger partial charge in [-0.3, -0.25) is 0 Å². The van der Waals surface area contributed by atoms with Gasteiger partial charge in [0.25, 0.3) is 0 Å². The highest BCUT2D eigenvalue weighted by Crippen LogP contribution is 2.19. The lowest BCUT2D eigenvalue weighted by molar-refractivity contribution is 0.0381. The summed E-state index contributed by atoms with van der Waals surface area (Å²) >= 11 is 0. The largest absolute Gasteiger partial charge is 0.390 e. The molecular formula is C16H35NO. The van der Waals surface area contributed by atoms with Crippen LogP contribution in [0, 0.1) is 0 Å². The summed E-state index contributed by atoms with van der Waals surface area (Å²) in [5.41, 5.74) is -0.348. The summed E-state index contributed by atoms with van der Waals surface area (Å²) in [6, 6.07) is 0. The maximum Gasteiger partial charge on any atom is 0.0631 e. The van der Waals surface area contributed by atoms with Crippen molar-refractivity contribution in [1.82, 2.24) is 5.32 Å². The van der Waals surface area contributed by atoms with Crippen molar-refractivity contribution >= 4 is 0 Å². The Kier molecular flexibility index (Phi) is 8.89. The highest BCUT2D eigenvalue weighted by atomic mass is 16.3. The lowest BCUT2D eigenvalue weighted by atomic mass is 9.94. The molecule has 0 saturated heterocycles. The van der Waals surface area contributed by atoms with Crippen molar-refractivity contribution in [3.05, 3.63) is 0 Å². The summed E-state index contributed by atoms with van der Waals surface area (Å²) in [6.07, 6.45) is 9.54. The van der Waals surface area contributed by atoms with E-state index in [-0.39, 0.29) is 5.54 Å². The lowest BCUT2D eigenvalue weighted by Gasteiger charge is -2.27. The Balaban J connectivity index is 3.55. The number of aliphatic hydroxyl groups is 1. The summed E-state index contributed by atoms with van der Waals surface area (Å²) in [7, 11) is 0. The molecule has 0 aliphatic heterocycles. The van der Waals surface area contributed by atoms with Crippen molar-refractivity contribution in [2.75, 3.05) is 6.54 Å². The maximum absolute atomic E-state index is 10.3. The van der Waals surface area contributed by atoms with Gasteiger partial charge in [-0.1, -0.05) is 45.4 Å². The van der Waals surface area contributed by atoms with E-state index in [2.05, 4.69) is 33.0 Å². The Morgan fingerprint density at radius 3 is 1.94 bits per heavy atom. The Bertz CT molecular complexity index is 194. The molecule has 0 spiro atoms. The number of nitrogens with one attached hydrogen (secondary N) is 1. The predicted molar refractivity (Wildman–Crippen MR) is 81.0 cm³/mol. The van der Waals surface area contributed by atoms with Crippen molar-refractivity contribution in [3.63, 3.8) is 0 Å². The van der Waals surface area contributed by atoms with Crippen molar-refractivity contribution in [1.29, 1.82) is 0 Å². The molecule has 18 heavy (non-hydrogen) atoms. The Hall–Kier alpha value is -0.0800. The SMILES string of the molecule is CCCCCCCCC(C)(O)CCNC(C)(C)C. The van der Waals surface area contributed by atoms with Crippen molar-refractivity contribution in [2.24, 2.45) is 0 Å². The first-order valence-corrected chi connectivity index (χ1v) is 7.74. The second kappa shape index (κ2) is 8.92. The van der Waals surface area contributed by atoms with E-state index in [4.69, 9.17) is 0 Å². The normalized spacial score (nSPS) is 15.7. The van der Waals surface area contributed by atoms with Gasteiger partial charge in [0.2, 0.25) is 0 Å². The minimum absolute atomic E-state index is 0.149. The van der Waals surface area contributed by atoms with Crippen LogP contribution in [0.3, 0.4) is 0 Å². The second-order valence-corrected chi connectivity index (χ2v) is 6.94. The summed E-state index contributed by atoms with van der Waals surface area (Å²) < 4.78 is 0. The quantitative estimate of drug-likeness (QED) is 0.573. The third-order valence-electron chi connectivity index (χ3n) is 3.39. The minimum Gasteiger partial charge on any atom is -0.390 e. The maximum atomic E-state index is 10.3. The van der Waals surface area contributed by atoms with Gasteiger partial charge in [-0.15, -0.1) is 0 Å². The van der Waals surface area contributed by atoms with E-state index in [0.29, 0.717) is 0 Å². The van der Waals surface area contributed by atoms with Crippen molar-refractivity contribution in [2.45, 2.75) is 97.1 Å². The van der Waals surface area contributed by atoms with Gasteiger partial charge in [0, 0.05) is 5.54 Å². The predicted octanol–water partition coefficient (Wildman–Crippen LogP) is 4.27. The van der Waals surface area contributed by atoms with E-state index in [1.54, 1.807) is 0 Å². The van der Waals surface area contributed by atoms with Crippen LogP contribution in [0.15, 0.2) is 0 Å². The van der Waals surface area contributed by atoms with Gasteiger partial charge in [-0.25, -0.2) is 0 Å². The zero-order valence-electron chi connectivity index (χ0n) is 13.3. The van der Waals surface area contributed by atoms with E-state index >= 15 is 0 Å². The molecule has 0 aliphatic carbocycles. The fourth-order valence-corrected chi connectivity index (χ4v) is 2.12. The van der Waals surface area contributed by atoms with Crippen LogP contribution >= 0.6 is 0 Å². The van der Waals surface area contributed by atoms with E-state index in [9.17, 15) is 5.11 Å². The van der Waals surface area contributed by atoms with Crippen LogP contribution in [0.5, 0.6) is 0 Å². The third-order valence-corrected chi connectivity index (χ3v) is 3.39. The van der Waals surface area contributed by atoms with Crippen molar-refractivity contribution in [3.8, 4) is 0 Å². The van der Waals surface area contributed by atoms with Crippen LogP contribution in [0.1, 0.15) is 86.0 Å². The fraction of sp³-hybridized carbons (Fsp3) is 1.00. The molecule has 0 aliphatic rings. The van der Waals surface area contributed by atoms with E-state index in [1.807, 2.05) is 6.92 Å². The Morgan fingerprint density at radius 1 is 0.833 bits per heavy atom. The Morgan fingerprint density at radius 2 is 1.39 bits per heavy atom. The van der Waals surface area contributed by atoms with Crippen LogP contribution < -0.4 is 5.32 Å². The summed E-state index contributed by atoms with van der Waals surface area (Å²) in [5, 5.41) is 13.7. The van der Waals surface area contributed by atoms with E-state index < -0.39 is 5.60 Å². The van der Waals surface area contributed by atoms with E-state index in [0.717, 1.165) is 25.8 Å².